The Morgan fingerprint density at radius 1 is 0.522 bits per heavy atom. The molecule has 9 aromatic carbocycles. The van der Waals surface area contributed by atoms with E-state index in [9.17, 15) is 24.0 Å². The molecule has 664 valence electrons. The molecule has 1 atom stereocenters. The number of hydrogen-bond donors (Lipinski definition) is 6. The maximum atomic E-state index is 13.4. The number of amides is 4. The fraction of sp³-hybridized carbons (Fsp3) is 0.139. The van der Waals surface area contributed by atoms with E-state index in [0.29, 0.717) is 48.7 Å². The lowest BCUT2D eigenvalue weighted by molar-refractivity contribution is -0.124. The second kappa shape index (κ2) is 42.3. The van der Waals surface area contributed by atoms with Crippen molar-refractivity contribution >= 4 is 109 Å². The van der Waals surface area contributed by atoms with Crippen LogP contribution in [0, 0.1) is 13.8 Å². The molecule has 9 aromatic heterocycles. The normalized spacial score (nSPS) is 12.9. The lowest BCUT2D eigenvalue weighted by atomic mass is 9.94. The van der Waals surface area contributed by atoms with E-state index in [1.54, 1.807) is 12.1 Å². The number of aryl methyl sites for hydroxylation is 2. The first-order valence-corrected chi connectivity index (χ1v) is 43.9. The Morgan fingerprint density at radius 3 is 1.73 bits per heavy atom. The van der Waals surface area contributed by atoms with Gasteiger partial charge in [-0.25, -0.2) is 14.9 Å². The van der Waals surface area contributed by atoms with Gasteiger partial charge >= 0.3 is 0 Å². The van der Waals surface area contributed by atoms with Gasteiger partial charge in [0.15, 0.2) is 5.78 Å². The summed E-state index contributed by atoms with van der Waals surface area (Å²) < 4.78 is 1.94. The molecular weight excluding hydrogens is 1690 g/mol. The Balaban J connectivity index is 0.000000126. The molecule has 0 bridgehead atoms. The zero-order valence-electron chi connectivity index (χ0n) is 74.4. The smallest absolute Gasteiger partial charge is 0.251 e. The Bertz CT molecular complexity index is 7420. The number of ketones is 1. The van der Waals surface area contributed by atoms with Crippen LogP contribution in [-0.2, 0) is 32.1 Å². The number of piperidine rings is 1. The first-order chi connectivity index (χ1) is 64.9. The van der Waals surface area contributed by atoms with E-state index in [0.717, 1.165) is 163 Å². The summed E-state index contributed by atoms with van der Waals surface area (Å²) in [5.41, 5.74) is 33.3. The van der Waals surface area contributed by atoms with Crippen LogP contribution in [0.2, 0.25) is 0 Å². The van der Waals surface area contributed by atoms with Crippen LogP contribution in [0.4, 0.5) is 5.95 Å². The third-order valence-electron chi connectivity index (χ3n) is 23.3. The first-order valence-electron chi connectivity index (χ1n) is 43.9. The van der Waals surface area contributed by atoms with E-state index < -0.39 is 23.8 Å². The van der Waals surface area contributed by atoms with Crippen molar-refractivity contribution in [2.45, 2.75) is 78.8 Å². The highest BCUT2D eigenvalue weighted by atomic mass is 32.1. The summed E-state index contributed by atoms with van der Waals surface area (Å²) in [5.74, 6) is -1.18. The molecule has 2 aliphatic heterocycles. The number of pyridine rings is 4. The number of carbonyl (C=O) groups is 5. The number of nitrogens with zero attached hydrogens (tertiary/aromatic N) is 14. The molecule has 1 saturated heterocycles. The minimum atomic E-state index is -0.838. The van der Waals surface area contributed by atoms with Crippen LogP contribution in [0.5, 0.6) is 0 Å². The molecule has 21 rings (SSSR count). The van der Waals surface area contributed by atoms with Gasteiger partial charge < -0.3 is 21.4 Å². The van der Waals surface area contributed by atoms with Crippen LogP contribution in [0.25, 0.3) is 122 Å². The fourth-order valence-electron chi connectivity index (χ4n) is 16.3. The lowest BCUT2D eigenvalue weighted by Crippen LogP contribution is -2.45. The van der Waals surface area contributed by atoms with Crippen molar-refractivity contribution < 1.29 is 24.0 Å². The van der Waals surface area contributed by atoms with Gasteiger partial charge in [0.2, 0.25) is 23.7 Å². The fourth-order valence-corrected chi connectivity index (χ4v) is 16.3. The van der Waals surface area contributed by atoms with Crippen molar-refractivity contribution in [3.63, 3.8) is 0 Å². The molecule has 7 N–H and O–H groups in total. The van der Waals surface area contributed by atoms with Crippen molar-refractivity contribution in [2.24, 2.45) is 21.2 Å². The highest BCUT2D eigenvalue weighted by molar-refractivity contribution is 7.59. The van der Waals surface area contributed by atoms with Gasteiger partial charge in [0.1, 0.15) is 12.6 Å². The quantitative estimate of drug-likeness (QED) is 0.0438. The number of nitrogens with one attached hydrogen (secondary N) is 5. The number of primary amides is 1. The molecule has 0 saturated carbocycles. The molecule has 1 aliphatic carbocycles. The molecule has 1 unspecified atom stereocenters. The minimum Gasteiger partial charge on any atom is -0.368 e. The Morgan fingerprint density at radius 2 is 1.11 bits per heavy atom. The summed E-state index contributed by atoms with van der Waals surface area (Å²) >= 11 is 0. The van der Waals surface area contributed by atoms with Crippen LogP contribution in [0.15, 0.2) is 349 Å². The first kappa shape index (κ1) is 90.8. The molecule has 25 nitrogen and oxygen atoms in total. The molecule has 18 aromatic rings. The average Bonchev–Trinajstić information content (AvgIpc) is 1.69. The van der Waals surface area contributed by atoms with Crippen LogP contribution in [0.3, 0.4) is 0 Å². The van der Waals surface area contributed by atoms with E-state index in [4.69, 9.17) is 10.8 Å². The van der Waals surface area contributed by atoms with E-state index in [2.05, 4.69) is 160 Å². The number of benzene rings is 9. The van der Waals surface area contributed by atoms with E-state index >= 15 is 0 Å². The average molecular weight is 1790 g/mol. The molecule has 0 spiro atoms. The SMILES string of the molecule is CC(=O)C1=C(c2ccccc2)CC(c2ccnc(N(C(C)=O)C(C)=O)n2)=C1.Cc1cc(-c2cnc3ccccc3c2)n[nH]1.Cc1ccc(CC(NC(=O)c2cccc(-c3cc(-c4cnc5ccccc5c4)nn3Cc3ccccc3)c2)C(N)=O)cc1.S.c1ccc2c(-c3c[nH]c(C4CCNCC4)c3)ccnc2c1.c1ccc2ncc(-c3cc(-c4ccc(C5=NN=NC5)cc4)[nH]n3)cc2c1. The Labute approximate surface area is 780 Å². The van der Waals surface area contributed by atoms with Crippen molar-refractivity contribution in [3.05, 3.63) is 384 Å². The number of hydrogen-bond acceptors (Lipinski definition) is 18. The molecule has 134 heavy (non-hydrogen) atoms. The summed E-state index contributed by atoms with van der Waals surface area (Å²) in [5, 5.41) is 42.0. The standard InChI is InChI=1S/C36H31N5O2.C21H19N3O3.C20H14N6.C18H19N3.C13H11N3.H2S/c1-24-14-16-25(17-15-24)18-33(35(37)42)39-36(43)29-12-7-11-28(20-29)34-21-32(40-41(34)23-26-8-3-2-4-9-26)30-19-27-10-5-6-13-31(27)38-22-30;1-13(25)18-11-17(12-19(18)16-7-5-4-6-8-16)20-9-10-22-21(23-20)24(14(2)26)15(3)27;1-2-4-17-15(3-1)9-16(11-21-17)19-10-18(23-24-19)13-5-7-14(8-6-13)20-12-22-26-25-20;1-2-4-17-16(3-1)15(7-10-20-17)14-11-18(21-12-14)13-5-8-19-9-6-13;1-9-6-13(16-15-9)11-7-10-4-2-3-5-12(10)14-8-11;/h2-17,19-22,33H,18,23H2,1H3,(H2,37,42)(H,39,43);4-11H,12H2,1-3H3;1-11H,12H2,(H,23,24);1-4,7,10-13,19,21H,5-6,8-9H2;2-8H,1H3,(H,15,16);1H2. The summed E-state index contributed by atoms with van der Waals surface area (Å²) in [6, 6.07) is 93.3. The highest BCUT2D eigenvalue weighted by Crippen LogP contribution is 2.40. The molecule has 4 amide bonds. The topological polar surface area (TPSA) is 344 Å². The number of imide groups is 1. The monoisotopic (exact) mass is 1780 g/mol. The number of allylic oxidation sites excluding steroid dienone is 4. The van der Waals surface area contributed by atoms with Crippen LogP contribution in [-0.4, -0.2) is 126 Å². The number of carbonyl (C=O) groups excluding carboxylic acids is 5. The van der Waals surface area contributed by atoms with E-state index in [-0.39, 0.29) is 31.1 Å². The van der Waals surface area contributed by atoms with Gasteiger partial charge in [-0.05, 0) is 194 Å². The van der Waals surface area contributed by atoms with E-state index in [1.165, 1.54) is 62.0 Å². The summed E-state index contributed by atoms with van der Waals surface area (Å²) in [6.45, 7) is 11.4. The number of nitrogens with two attached hydrogens (primary N) is 1. The van der Waals surface area contributed by atoms with E-state index in [1.807, 2.05) is 250 Å². The molecular formula is C108H96N20O5S. The largest absolute Gasteiger partial charge is 0.368 e. The zero-order chi connectivity index (χ0) is 91.7. The van der Waals surface area contributed by atoms with Crippen molar-refractivity contribution in [1.29, 1.82) is 0 Å². The van der Waals surface area contributed by atoms with Crippen LogP contribution in [0.1, 0.15) is 101 Å². The molecule has 3 aliphatic rings. The number of aromatic amines is 3. The third kappa shape index (κ3) is 21.9. The molecule has 1 fully saturated rings. The number of H-pyrrole nitrogens is 3. The number of anilines is 1. The van der Waals surface area contributed by atoms with Crippen molar-refractivity contribution in [2.75, 3.05) is 24.5 Å². The lowest BCUT2D eigenvalue weighted by Gasteiger charge is -2.21. The second-order valence-electron chi connectivity index (χ2n) is 32.6. The van der Waals surface area contributed by atoms with Gasteiger partial charge in [-0.15, -0.1) is 5.10 Å². The summed E-state index contributed by atoms with van der Waals surface area (Å²) in [6.07, 6.45) is 16.2. The third-order valence-corrected chi connectivity index (χ3v) is 23.3. The van der Waals surface area contributed by atoms with Gasteiger partial charge in [-0.2, -0.15) is 33.9 Å². The highest BCUT2D eigenvalue weighted by Gasteiger charge is 2.27. The van der Waals surface area contributed by atoms with Gasteiger partial charge in [-0.1, -0.05) is 200 Å². The van der Waals surface area contributed by atoms with Crippen LogP contribution >= 0.6 is 13.5 Å². The zero-order valence-corrected chi connectivity index (χ0v) is 75.4. The molecule has 26 heteroatoms. The molecule has 0 radical (unpaired) electrons. The Hall–Kier alpha value is -16.6. The maximum absolute atomic E-state index is 13.4. The predicted molar refractivity (Wildman–Crippen MR) is 534 cm³/mol. The maximum Gasteiger partial charge on any atom is 0.251 e. The summed E-state index contributed by atoms with van der Waals surface area (Å²) in [4.78, 5) is 92.1. The molecule has 11 heterocycles. The number of aromatic nitrogens is 13. The number of Topliss-reactive ketones (excluding diaryl/α,β-unsaturated/α-hetero) is 1. The van der Waals surface area contributed by atoms with Crippen molar-refractivity contribution in [3.8, 4) is 67.4 Å². The number of fused-ring (bicyclic) bond motifs is 4. The number of para-hydroxylation sites is 4. The van der Waals surface area contributed by atoms with Gasteiger partial charge in [0, 0.05) is 142 Å². The van der Waals surface area contributed by atoms with Gasteiger partial charge in [-0.3, -0.25) is 58.8 Å². The van der Waals surface area contributed by atoms with Gasteiger partial charge in [0.05, 0.1) is 68.5 Å². The van der Waals surface area contributed by atoms with Crippen molar-refractivity contribution in [1.82, 2.24) is 75.7 Å². The van der Waals surface area contributed by atoms with Crippen LogP contribution < -0.4 is 21.3 Å². The summed E-state index contributed by atoms with van der Waals surface area (Å²) in [7, 11) is 0. The second-order valence-corrected chi connectivity index (χ2v) is 32.6. The van der Waals surface area contributed by atoms with Gasteiger partial charge in [0.25, 0.3) is 5.91 Å². The Kier molecular flexibility index (Phi) is 28.7. The number of rotatable bonds is 19. The predicted octanol–water partition coefficient (Wildman–Crippen LogP) is 20.4. The minimum absolute atomic E-state index is 0.